The summed E-state index contributed by atoms with van der Waals surface area (Å²) in [5.74, 6) is 2.49. The second-order valence-corrected chi connectivity index (χ2v) is 7.89. The number of β-amino-alcohol motifs (C(OH)–C–C–N with tert-alkyl or cyclic N) is 1. The minimum atomic E-state index is -0.676. The molecule has 162 valence electrons. The summed E-state index contributed by atoms with van der Waals surface area (Å²) in [7, 11) is 0. The highest BCUT2D eigenvalue weighted by molar-refractivity contribution is 5.40. The molecule has 2 aromatic rings. The lowest BCUT2D eigenvalue weighted by Crippen LogP contribution is -2.49. The number of aliphatic hydroxyl groups excluding tert-OH is 1. The van der Waals surface area contributed by atoms with Crippen LogP contribution in [-0.4, -0.2) is 70.3 Å². The Morgan fingerprint density at radius 2 is 1.93 bits per heavy atom. The zero-order chi connectivity index (χ0) is 21.7. The number of anilines is 1. The fraction of sp³-hybridized carbons (Fsp3) is 0.524. The van der Waals surface area contributed by atoms with E-state index >= 15 is 0 Å². The van der Waals surface area contributed by atoms with E-state index in [4.69, 9.17) is 9.72 Å². The number of nitro groups is 1. The maximum absolute atomic E-state index is 10.8. The Labute approximate surface area is 176 Å². The molecule has 1 aliphatic heterocycles. The lowest BCUT2D eigenvalue weighted by Gasteiger charge is -2.36. The number of nitro benzene ring substituents is 1. The summed E-state index contributed by atoms with van der Waals surface area (Å²) < 4.78 is 5.53. The fourth-order valence-electron chi connectivity index (χ4n) is 3.38. The van der Waals surface area contributed by atoms with Crippen LogP contribution in [0, 0.1) is 17.0 Å². The van der Waals surface area contributed by atoms with Crippen molar-refractivity contribution in [2.24, 2.45) is 0 Å². The molecule has 1 saturated heterocycles. The van der Waals surface area contributed by atoms with Gasteiger partial charge in [0.1, 0.15) is 30.1 Å². The van der Waals surface area contributed by atoms with Crippen molar-refractivity contribution in [1.82, 2.24) is 14.9 Å². The van der Waals surface area contributed by atoms with Crippen LogP contribution in [0.25, 0.3) is 0 Å². The third kappa shape index (κ3) is 5.87. The van der Waals surface area contributed by atoms with Gasteiger partial charge in [0.2, 0.25) is 0 Å². The van der Waals surface area contributed by atoms with Crippen molar-refractivity contribution in [2.45, 2.75) is 32.8 Å². The highest BCUT2D eigenvalue weighted by atomic mass is 16.6. The number of non-ortho nitro benzene ring substituents is 1. The quantitative estimate of drug-likeness (QED) is 0.518. The number of hydrogen-bond donors (Lipinski definition) is 1. The largest absolute Gasteiger partial charge is 0.491 e. The van der Waals surface area contributed by atoms with Crippen LogP contribution in [0.5, 0.6) is 5.75 Å². The second kappa shape index (κ2) is 9.82. The van der Waals surface area contributed by atoms with Gasteiger partial charge in [0.25, 0.3) is 5.69 Å². The summed E-state index contributed by atoms with van der Waals surface area (Å²) in [6.45, 7) is 10.0. The van der Waals surface area contributed by atoms with Gasteiger partial charge < -0.3 is 14.7 Å². The standard InChI is InChI=1S/C21H29N5O4/c1-15(2)21-22-16(3)11-20(23-21)25-9-7-24(8-10-25)13-18(27)14-30-19-6-4-5-17(12-19)26(28)29/h4-6,11-12,15,18,27H,7-10,13-14H2,1-3H3. The number of aryl methyl sites for hydroxylation is 1. The molecular formula is C21H29N5O4. The molecular weight excluding hydrogens is 386 g/mol. The Balaban J connectivity index is 1.47. The molecule has 1 N–H and O–H groups in total. The topological polar surface area (TPSA) is 105 Å². The van der Waals surface area contributed by atoms with E-state index in [0.29, 0.717) is 12.3 Å². The summed E-state index contributed by atoms with van der Waals surface area (Å²) in [5, 5.41) is 21.2. The van der Waals surface area contributed by atoms with Gasteiger partial charge in [-0.1, -0.05) is 19.9 Å². The first-order valence-electron chi connectivity index (χ1n) is 10.2. The van der Waals surface area contributed by atoms with Crippen molar-refractivity contribution < 1.29 is 14.8 Å². The van der Waals surface area contributed by atoms with Gasteiger partial charge in [-0.05, 0) is 13.0 Å². The van der Waals surface area contributed by atoms with Gasteiger partial charge in [0, 0.05) is 56.5 Å². The molecule has 0 aliphatic carbocycles. The molecule has 1 aromatic heterocycles. The van der Waals surface area contributed by atoms with Crippen LogP contribution in [0.3, 0.4) is 0 Å². The van der Waals surface area contributed by atoms with E-state index in [1.54, 1.807) is 12.1 Å². The van der Waals surface area contributed by atoms with Gasteiger partial charge in [0.05, 0.1) is 11.0 Å². The number of aromatic nitrogens is 2. The Kier molecular flexibility index (Phi) is 7.17. The first-order chi connectivity index (χ1) is 14.3. The van der Waals surface area contributed by atoms with E-state index in [0.717, 1.165) is 43.5 Å². The highest BCUT2D eigenvalue weighted by Crippen LogP contribution is 2.20. The highest BCUT2D eigenvalue weighted by Gasteiger charge is 2.21. The van der Waals surface area contributed by atoms with Gasteiger partial charge in [-0.2, -0.15) is 0 Å². The molecule has 0 radical (unpaired) electrons. The summed E-state index contributed by atoms with van der Waals surface area (Å²) in [6, 6.07) is 8.00. The van der Waals surface area contributed by atoms with Gasteiger partial charge >= 0.3 is 0 Å². The van der Waals surface area contributed by atoms with Gasteiger partial charge in [-0.3, -0.25) is 15.0 Å². The summed E-state index contributed by atoms with van der Waals surface area (Å²) in [4.78, 5) is 24.0. The molecule has 1 aliphatic rings. The van der Waals surface area contributed by atoms with Crippen LogP contribution in [0.15, 0.2) is 30.3 Å². The molecule has 9 nitrogen and oxygen atoms in total. The average molecular weight is 415 g/mol. The van der Waals surface area contributed by atoms with Crippen molar-refractivity contribution >= 4 is 11.5 Å². The zero-order valence-electron chi connectivity index (χ0n) is 17.7. The number of rotatable bonds is 8. The number of nitrogens with zero attached hydrogens (tertiary/aromatic N) is 5. The first-order valence-corrected chi connectivity index (χ1v) is 10.2. The molecule has 30 heavy (non-hydrogen) atoms. The lowest BCUT2D eigenvalue weighted by atomic mass is 10.2. The fourth-order valence-corrected chi connectivity index (χ4v) is 3.38. The summed E-state index contributed by atoms with van der Waals surface area (Å²) in [6.07, 6.45) is -0.676. The molecule has 1 fully saturated rings. The van der Waals surface area contributed by atoms with Crippen LogP contribution < -0.4 is 9.64 Å². The zero-order valence-corrected chi connectivity index (χ0v) is 17.7. The minimum Gasteiger partial charge on any atom is -0.491 e. The van der Waals surface area contributed by atoms with E-state index in [1.807, 2.05) is 13.0 Å². The van der Waals surface area contributed by atoms with E-state index in [1.165, 1.54) is 12.1 Å². The van der Waals surface area contributed by atoms with E-state index in [-0.39, 0.29) is 18.2 Å². The maximum atomic E-state index is 10.8. The lowest BCUT2D eigenvalue weighted by molar-refractivity contribution is -0.384. The summed E-state index contributed by atoms with van der Waals surface area (Å²) in [5.41, 5.74) is 0.943. The normalized spacial score (nSPS) is 16.0. The molecule has 0 spiro atoms. The first kappa shape index (κ1) is 21.9. The Hall–Kier alpha value is -2.78. The molecule has 1 aromatic carbocycles. The van der Waals surface area contributed by atoms with Crippen LogP contribution in [0.4, 0.5) is 11.5 Å². The third-order valence-electron chi connectivity index (χ3n) is 5.01. The molecule has 3 rings (SSSR count). The Bertz CT molecular complexity index is 868. The van der Waals surface area contributed by atoms with Crippen molar-refractivity contribution in [3.8, 4) is 5.75 Å². The molecule has 9 heteroatoms. The Morgan fingerprint density at radius 1 is 1.20 bits per heavy atom. The van der Waals surface area contributed by atoms with E-state index < -0.39 is 11.0 Å². The molecule has 2 heterocycles. The molecule has 0 saturated carbocycles. The van der Waals surface area contributed by atoms with Crippen molar-refractivity contribution in [2.75, 3.05) is 44.2 Å². The second-order valence-electron chi connectivity index (χ2n) is 7.89. The van der Waals surface area contributed by atoms with E-state index in [9.17, 15) is 15.2 Å². The number of aliphatic hydroxyl groups is 1. The molecule has 1 atom stereocenters. The predicted octanol–water partition coefficient (Wildman–Crippen LogP) is 2.38. The Morgan fingerprint density at radius 3 is 2.60 bits per heavy atom. The maximum Gasteiger partial charge on any atom is 0.273 e. The number of ether oxygens (including phenoxy) is 1. The number of piperazine rings is 1. The predicted molar refractivity (Wildman–Crippen MR) is 114 cm³/mol. The molecule has 0 amide bonds. The van der Waals surface area contributed by atoms with Crippen LogP contribution in [0.1, 0.15) is 31.3 Å². The van der Waals surface area contributed by atoms with Crippen LogP contribution >= 0.6 is 0 Å². The van der Waals surface area contributed by atoms with E-state index in [2.05, 4.69) is 28.6 Å². The average Bonchev–Trinajstić information content (AvgIpc) is 2.72. The van der Waals surface area contributed by atoms with Gasteiger partial charge in [0.15, 0.2) is 0 Å². The minimum absolute atomic E-state index is 0.0290. The van der Waals surface area contributed by atoms with Crippen molar-refractivity contribution in [3.05, 3.63) is 52.0 Å². The van der Waals surface area contributed by atoms with Crippen LogP contribution in [-0.2, 0) is 0 Å². The number of hydrogen-bond acceptors (Lipinski definition) is 8. The van der Waals surface area contributed by atoms with Crippen molar-refractivity contribution in [1.29, 1.82) is 0 Å². The SMILES string of the molecule is Cc1cc(N2CCN(CC(O)COc3cccc([N+](=O)[O-])c3)CC2)nc(C(C)C)n1. The van der Waals surface area contributed by atoms with Gasteiger partial charge in [-0.25, -0.2) is 9.97 Å². The smallest absolute Gasteiger partial charge is 0.273 e. The number of benzene rings is 1. The van der Waals surface area contributed by atoms with Crippen LogP contribution in [0.2, 0.25) is 0 Å². The monoisotopic (exact) mass is 415 g/mol. The van der Waals surface area contributed by atoms with Crippen molar-refractivity contribution in [3.63, 3.8) is 0 Å². The molecule has 0 bridgehead atoms. The summed E-state index contributed by atoms with van der Waals surface area (Å²) >= 11 is 0. The third-order valence-corrected chi connectivity index (χ3v) is 5.01. The molecule has 1 unspecified atom stereocenters. The van der Waals surface area contributed by atoms with Gasteiger partial charge in [-0.15, -0.1) is 0 Å².